The first kappa shape index (κ1) is 14.5. The molecule has 0 aliphatic carbocycles. The lowest BCUT2D eigenvalue weighted by molar-refractivity contribution is 0.275. The number of phenols is 1. The molecule has 0 fully saturated rings. The maximum absolute atomic E-state index is 9.70. The molecule has 4 N–H and O–H groups in total. The largest absolute Gasteiger partial charge is 0.507 e. The minimum Gasteiger partial charge on any atom is -0.507 e. The quantitative estimate of drug-likeness (QED) is 0.772. The van der Waals surface area contributed by atoms with Crippen LogP contribution in [-0.2, 0) is 0 Å². The molecule has 1 atom stereocenters. The summed E-state index contributed by atoms with van der Waals surface area (Å²) in [4.78, 5) is 0. The predicted octanol–water partition coefficient (Wildman–Crippen LogP) is 2.16. The topological polar surface area (TPSA) is 66.5 Å². The van der Waals surface area contributed by atoms with Crippen molar-refractivity contribution in [3.8, 4) is 5.75 Å². The first-order valence-corrected chi connectivity index (χ1v) is 4.79. The Morgan fingerprint density at radius 2 is 2.07 bits per heavy atom. The van der Waals surface area contributed by atoms with Crippen LogP contribution < -0.4 is 5.73 Å². The van der Waals surface area contributed by atoms with E-state index in [4.69, 9.17) is 22.4 Å². The van der Waals surface area contributed by atoms with Gasteiger partial charge in [0.05, 0.1) is 0 Å². The maximum atomic E-state index is 9.70. The second-order valence-electron chi connectivity index (χ2n) is 3.28. The zero-order valence-electron chi connectivity index (χ0n) is 8.40. The molecule has 15 heavy (non-hydrogen) atoms. The zero-order chi connectivity index (χ0) is 10.7. The fourth-order valence-electron chi connectivity index (χ4n) is 1.34. The molecule has 0 aliphatic heterocycles. The normalized spacial score (nSPS) is 12.0. The molecule has 0 saturated heterocycles. The van der Waals surface area contributed by atoms with E-state index in [9.17, 15) is 5.11 Å². The third-order valence-electron chi connectivity index (χ3n) is 2.13. The number of nitrogens with two attached hydrogens (primary N) is 1. The van der Waals surface area contributed by atoms with Gasteiger partial charge in [0, 0.05) is 23.2 Å². The number of aryl methyl sites for hydroxylation is 1. The van der Waals surface area contributed by atoms with Gasteiger partial charge in [-0.2, -0.15) is 0 Å². The highest BCUT2D eigenvalue weighted by Gasteiger charge is 2.13. The zero-order valence-corrected chi connectivity index (χ0v) is 9.98. The average molecular weight is 252 g/mol. The van der Waals surface area contributed by atoms with Crippen LogP contribution >= 0.6 is 24.0 Å². The smallest absolute Gasteiger partial charge is 0.123 e. The molecule has 0 saturated carbocycles. The number of hydrogen-bond donors (Lipinski definition) is 3. The van der Waals surface area contributed by atoms with Gasteiger partial charge in [-0.1, -0.05) is 11.6 Å². The number of aliphatic hydroxyl groups excluding tert-OH is 1. The first-order chi connectivity index (χ1) is 6.56. The Kier molecular flexibility index (Phi) is 5.98. The molecular formula is C10H15Cl2NO2. The Morgan fingerprint density at radius 3 is 2.60 bits per heavy atom. The number of hydrogen-bond acceptors (Lipinski definition) is 3. The number of phenolic OH excluding ortho intramolecular Hbond substituents is 1. The van der Waals surface area contributed by atoms with Gasteiger partial charge in [-0.25, -0.2) is 0 Å². The van der Waals surface area contributed by atoms with Crippen LogP contribution in [0, 0.1) is 6.92 Å². The summed E-state index contributed by atoms with van der Waals surface area (Å²) in [5.74, 6) is 0.162. The molecular weight excluding hydrogens is 237 g/mol. The fraction of sp³-hybridized carbons (Fsp3) is 0.400. The summed E-state index contributed by atoms with van der Waals surface area (Å²) in [5.41, 5.74) is 7.05. The number of aliphatic hydroxyl groups is 1. The van der Waals surface area contributed by atoms with E-state index in [0.717, 1.165) is 0 Å². The highest BCUT2D eigenvalue weighted by Crippen LogP contribution is 2.31. The lowest BCUT2D eigenvalue weighted by Crippen LogP contribution is -2.12. The van der Waals surface area contributed by atoms with Crippen molar-refractivity contribution in [1.29, 1.82) is 0 Å². The number of aromatic hydroxyl groups is 1. The molecule has 0 aromatic heterocycles. The molecule has 0 amide bonds. The van der Waals surface area contributed by atoms with Gasteiger partial charge in [-0.3, -0.25) is 0 Å². The van der Waals surface area contributed by atoms with Gasteiger partial charge in [0.25, 0.3) is 0 Å². The molecule has 0 bridgehead atoms. The highest BCUT2D eigenvalue weighted by atomic mass is 35.5. The Hall–Kier alpha value is -0.480. The summed E-state index contributed by atoms with van der Waals surface area (Å²) in [7, 11) is 0. The Morgan fingerprint density at radius 1 is 1.47 bits per heavy atom. The van der Waals surface area contributed by atoms with Crippen molar-refractivity contribution >= 4 is 24.0 Å². The van der Waals surface area contributed by atoms with E-state index in [1.54, 1.807) is 19.1 Å². The molecule has 3 nitrogen and oxygen atoms in total. The van der Waals surface area contributed by atoms with Crippen LogP contribution in [0.15, 0.2) is 12.1 Å². The highest BCUT2D eigenvalue weighted by molar-refractivity contribution is 6.30. The van der Waals surface area contributed by atoms with Gasteiger partial charge in [-0.05, 0) is 31.0 Å². The first-order valence-electron chi connectivity index (χ1n) is 4.41. The van der Waals surface area contributed by atoms with E-state index in [1.807, 2.05) is 0 Å². The minimum atomic E-state index is -0.377. The monoisotopic (exact) mass is 251 g/mol. The second kappa shape index (κ2) is 6.18. The van der Waals surface area contributed by atoms with Crippen LogP contribution in [-0.4, -0.2) is 16.8 Å². The summed E-state index contributed by atoms with van der Waals surface area (Å²) in [6.45, 7) is 1.75. The number of halogens is 2. The second-order valence-corrected chi connectivity index (χ2v) is 3.72. The van der Waals surface area contributed by atoms with Gasteiger partial charge in [0.1, 0.15) is 5.75 Å². The van der Waals surface area contributed by atoms with Crippen molar-refractivity contribution in [2.24, 2.45) is 5.73 Å². The molecule has 0 heterocycles. The maximum Gasteiger partial charge on any atom is 0.123 e. The third-order valence-corrected chi connectivity index (χ3v) is 2.35. The fourth-order valence-corrected chi connectivity index (χ4v) is 1.62. The van der Waals surface area contributed by atoms with Crippen molar-refractivity contribution in [1.82, 2.24) is 0 Å². The summed E-state index contributed by atoms with van der Waals surface area (Å²) in [6.07, 6.45) is 0.410. The molecule has 1 aromatic carbocycles. The Labute approximate surface area is 100 Å². The van der Waals surface area contributed by atoms with E-state index in [1.165, 1.54) is 0 Å². The van der Waals surface area contributed by atoms with E-state index < -0.39 is 0 Å². The van der Waals surface area contributed by atoms with Gasteiger partial charge in [0.2, 0.25) is 0 Å². The van der Waals surface area contributed by atoms with Gasteiger partial charge >= 0.3 is 0 Å². The number of rotatable bonds is 3. The van der Waals surface area contributed by atoms with Crippen LogP contribution in [0.25, 0.3) is 0 Å². The van der Waals surface area contributed by atoms with Crippen LogP contribution in [0.5, 0.6) is 5.75 Å². The Bertz CT molecular complexity index is 331. The van der Waals surface area contributed by atoms with E-state index in [2.05, 4.69) is 0 Å². The predicted molar refractivity (Wildman–Crippen MR) is 63.7 cm³/mol. The molecule has 0 radical (unpaired) electrons. The minimum absolute atomic E-state index is 0. The standard InChI is InChI=1S/C10H14ClNO2.ClH/c1-6-4-7(11)5-8(10(6)14)9(12)2-3-13;/h4-5,9,13-14H,2-3,12H2,1H3;1H/t9-;/m0./s1. The molecule has 86 valence electrons. The summed E-state index contributed by atoms with van der Waals surface area (Å²) in [6, 6.07) is 2.92. The lowest BCUT2D eigenvalue weighted by atomic mass is 10.0. The van der Waals surface area contributed by atoms with E-state index in [-0.39, 0.29) is 30.8 Å². The summed E-state index contributed by atoms with van der Waals surface area (Å²) in [5, 5.41) is 19.0. The van der Waals surface area contributed by atoms with Gasteiger partial charge < -0.3 is 15.9 Å². The molecule has 5 heteroatoms. The van der Waals surface area contributed by atoms with Crippen molar-refractivity contribution in [2.45, 2.75) is 19.4 Å². The van der Waals surface area contributed by atoms with Crippen LogP contribution in [0.1, 0.15) is 23.6 Å². The van der Waals surface area contributed by atoms with Gasteiger partial charge in [-0.15, -0.1) is 12.4 Å². The molecule has 0 aliphatic rings. The molecule has 0 unspecified atom stereocenters. The molecule has 0 spiro atoms. The Balaban J connectivity index is 0.00000196. The summed E-state index contributed by atoms with van der Waals surface area (Å²) >= 11 is 5.84. The van der Waals surface area contributed by atoms with Crippen LogP contribution in [0.3, 0.4) is 0 Å². The van der Waals surface area contributed by atoms with Crippen LogP contribution in [0.2, 0.25) is 5.02 Å². The van der Waals surface area contributed by atoms with E-state index >= 15 is 0 Å². The molecule has 1 rings (SSSR count). The van der Waals surface area contributed by atoms with E-state index in [0.29, 0.717) is 22.6 Å². The SMILES string of the molecule is Cc1cc(Cl)cc([C@@H](N)CCO)c1O.Cl. The number of benzene rings is 1. The summed E-state index contributed by atoms with van der Waals surface area (Å²) < 4.78 is 0. The lowest BCUT2D eigenvalue weighted by Gasteiger charge is -2.14. The van der Waals surface area contributed by atoms with Crippen LogP contribution in [0.4, 0.5) is 0 Å². The molecule has 1 aromatic rings. The van der Waals surface area contributed by atoms with Crippen molar-refractivity contribution in [3.63, 3.8) is 0 Å². The van der Waals surface area contributed by atoms with Crippen molar-refractivity contribution in [2.75, 3.05) is 6.61 Å². The third kappa shape index (κ3) is 3.54. The average Bonchev–Trinajstić information content (AvgIpc) is 2.11. The van der Waals surface area contributed by atoms with Crippen molar-refractivity contribution in [3.05, 3.63) is 28.3 Å². The van der Waals surface area contributed by atoms with Crippen molar-refractivity contribution < 1.29 is 10.2 Å². The van der Waals surface area contributed by atoms with Gasteiger partial charge in [0.15, 0.2) is 0 Å².